The topological polar surface area (TPSA) is 54.5 Å². The average molecular weight is 386 g/mol. The van der Waals surface area contributed by atoms with Crippen LogP contribution in [-0.2, 0) is 4.74 Å². The van der Waals surface area contributed by atoms with E-state index in [9.17, 15) is 4.79 Å². The molecule has 1 saturated heterocycles. The van der Waals surface area contributed by atoms with E-state index in [1.807, 2.05) is 36.4 Å². The minimum atomic E-state index is -0.105. The van der Waals surface area contributed by atoms with Crippen LogP contribution in [0.4, 0.5) is 0 Å². The van der Waals surface area contributed by atoms with Gasteiger partial charge in [-0.2, -0.15) is 0 Å². The van der Waals surface area contributed by atoms with Crippen molar-refractivity contribution < 1.29 is 9.53 Å². The Hall–Kier alpha value is -1.89. The third-order valence-corrected chi connectivity index (χ3v) is 5.34. The Balaban J connectivity index is 1.58. The molecule has 0 bridgehead atoms. The predicted octanol–water partition coefficient (Wildman–Crippen LogP) is 3.32. The fourth-order valence-corrected chi connectivity index (χ4v) is 4.03. The molecule has 1 amide bonds. The summed E-state index contributed by atoms with van der Waals surface area (Å²) in [6.45, 7) is 8.56. The second-order valence-corrected chi connectivity index (χ2v) is 8.19. The molecule has 3 rings (SSSR count). The van der Waals surface area contributed by atoms with E-state index in [2.05, 4.69) is 29.0 Å². The van der Waals surface area contributed by atoms with Crippen LogP contribution in [0, 0.1) is 5.92 Å². The van der Waals surface area contributed by atoms with E-state index in [-0.39, 0.29) is 12.0 Å². The third kappa shape index (κ3) is 6.06. The molecule has 1 atom stereocenters. The molecule has 2 heterocycles. The van der Waals surface area contributed by atoms with Crippen molar-refractivity contribution in [2.45, 2.75) is 29.9 Å². The maximum absolute atomic E-state index is 12.7. The molecule has 144 valence electrons. The van der Waals surface area contributed by atoms with Gasteiger partial charge in [0.15, 0.2) is 0 Å². The van der Waals surface area contributed by atoms with Gasteiger partial charge in [-0.1, -0.05) is 43.8 Å². The molecule has 0 unspecified atom stereocenters. The normalized spacial score (nSPS) is 17.8. The maximum Gasteiger partial charge on any atom is 0.254 e. The molecular formula is C21H27N3O2S. The molecule has 1 fully saturated rings. The summed E-state index contributed by atoms with van der Waals surface area (Å²) in [6.07, 6.45) is 1.75. The molecule has 1 N–H and O–H groups in total. The molecule has 0 radical (unpaired) electrons. The first-order valence-electron chi connectivity index (χ1n) is 9.42. The van der Waals surface area contributed by atoms with Gasteiger partial charge in [-0.15, -0.1) is 0 Å². The summed E-state index contributed by atoms with van der Waals surface area (Å²) in [4.78, 5) is 20.6. The molecule has 6 heteroatoms. The number of amides is 1. The second kappa shape index (κ2) is 9.88. The first-order chi connectivity index (χ1) is 13.1. The lowest BCUT2D eigenvalue weighted by atomic mass is 10.1. The summed E-state index contributed by atoms with van der Waals surface area (Å²) < 4.78 is 5.82. The number of hydrogen-bond acceptors (Lipinski definition) is 5. The van der Waals surface area contributed by atoms with Crippen LogP contribution >= 0.6 is 11.8 Å². The van der Waals surface area contributed by atoms with Gasteiger partial charge < -0.3 is 10.1 Å². The molecule has 1 aromatic heterocycles. The summed E-state index contributed by atoms with van der Waals surface area (Å²) in [5.41, 5.74) is 0.598. The zero-order valence-electron chi connectivity index (χ0n) is 15.9. The Kier molecular flexibility index (Phi) is 7.26. The second-order valence-electron chi connectivity index (χ2n) is 7.13. The van der Waals surface area contributed by atoms with Gasteiger partial charge in [0.2, 0.25) is 0 Å². The van der Waals surface area contributed by atoms with Crippen molar-refractivity contribution in [3.63, 3.8) is 0 Å². The lowest BCUT2D eigenvalue weighted by Gasteiger charge is -2.34. The average Bonchev–Trinajstić information content (AvgIpc) is 2.67. The van der Waals surface area contributed by atoms with Gasteiger partial charge in [-0.05, 0) is 30.2 Å². The number of hydrogen-bond donors (Lipinski definition) is 1. The summed E-state index contributed by atoms with van der Waals surface area (Å²) in [6, 6.07) is 13.6. The van der Waals surface area contributed by atoms with E-state index in [1.165, 1.54) is 11.8 Å². The Morgan fingerprint density at radius 1 is 1.30 bits per heavy atom. The minimum absolute atomic E-state index is 0.0309. The van der Waals surface area contributed by atoms with Crippen molar-refractivity contribution in [3.8, 4) is 0 Å². The lowest BCUT2D eigenvalue weighted by Crippen LogP contribution is -2.48. The van der Waals surface area contributed by atoms with Gasteiger partial charge in [0.1, 0.15) is 5.03 Å². The van der Waals surface area contributed by atoms with Crippen LogP contribution in [-0.4, -0.2) is 54.7 Å². The van der Waals surface area contributed by atoms with Crippen molar-refractivity contribution in [1.82, 2.24) is 15.2 Å². The molecule has 0 spiro atoms. The van der Waals surface area contributed by atoms with Gasteiger partial charge in [0.25, 0.3) is 5.91 Å². The van der Waals surface area contributed by atoms with Gasteiger partial charge in [0, 0.05) is 37.3 Å². The Morgan fingerprint density at radius 3 is 2.89 bits per heavy atom. The van der Waals surface area contributed by atoms with Crippen LogP contribution in [0.3, 0.4) is 0 Å². The number of carbonyl (C=O) groups is 1. The molecule has 1 aliphatic rings. The summed E-state index contributed by atoms with van der Waals surface area (Å²) in [5, 5.41) is 3.74. The molecule has 0 aliphatic carbocycles. The molecule has 27 heavy (non-hydrogen) atoms. The number of carbonyl (C=O) groups excluding carboxylic acids is 1. The number of ether oxygens (including phenoxy) is 1. The fraction of sp³-hybridized carbons (Fsp3) is 0.429. The van der Waals surface area contributed by atoms with Crippen LogP contribution in [0.1, 0.15) is 24.2 Å². The summed E-state index contributed by atoms with van der Waals surface area (Å²) >= 11 is 1.50. The van der Waals surface area contributed by atoms with E-state index >= 15 is 0 Å². The molecule has 1 aliphatic heterocycles. The molecule has 5 nitrogen and oxygen atoms in total. The number of nitrogens with zero attached hydrogens (tertiary/aromatic N) is 2. The number of rotatable bonds is 7. The highest BCUT2D eigenvalue weighted by molar-refractivity contribution is 7.99. The quantitative estimate of drug-likeness (QED) is 0.792. The number of aromatic nitrogens is 1. The first kappa shape index (κ1) is 19.9. The smallest absolute Gasteiger partial charge is 0.254 e. The number of pyridine rings is 1. The number of benzene rings is 1. The minimum Gasteiger partial charge on any atom is -0.374 e. The van der Waals surface area contributed by atoms with Crippen molar-refractivity contribution >= 4 is 17.7 Å². The zero-order valence-corrected chi connectivity index (χ0v) is 16.7. The van der Waals surface area contributed by atoms with Crippen LogP contribution < -0.4 is 5.32 Å². The van der Waals surface area contributed by atoms with Crippen LogP contribution in [0.2, 0.25) is 0 Å². The maximum atomic E-state index is 12.7. The summed E-state index contributed by atoms with van der Waals surface area (Å²) in [5.74, 6) is 0.525. The predicted molar refractivity (Wildman–Crippen MR) is 108 cm³/mol. The van der Waals surface area contributed by atoms with Gasteiger partial charge in [-0.25, -0.2) is 4.98 Å². The molecule has 1 aromatic carbocycles. The van der Waals surface area contributed by atoms with Crippen molar-refractivity contribution in [1.29, 1.82) is 0 Å². The highest BCUT2D eigenvalue weighted by Crippen LogP contribution is 2.28. The molecule has 0 saturated carbocycles. The summed E-state index contributed by atoms with van der Waals surface area (Å²) in [7, 11) is 0. The Morgan fingerprint density at radius 2 is 2.11 bits per heavy atom. The van der Waals surface area contributed by atoms with Crippen LogP contribution in [0.5, 0.6) is 0 Å². The van der Waals surface area contributed by atoms with E-state index in [1.54, 1.807) is 12.3 Å². The van der Waals surface area contributed by atoms with Crippen molar-refractivity contribution in [2.24, 2.45) is 5.92 Å². The lowest BCUT2D eigenvalue weighted by molar-refractivity contribution is -0.0295. The van der Waals surface area contributed by atoms with E-state index in [0.29, 0.717) is 23.1 Å². The van der Waals surface area contributed by atoms with Gasteiger partial charge >= 0.3 is 0 Å². The van der Waals surface area contributed by atoms with Gasteiger partial charge in [-0.3, -0.25) is 9.69 Å². The largest absolute Gasteiger partial charge is 0.374 e. The fourth-order valence-electron chi connectivity index (χ4n) is 3.13. The Labute approximate surface area is 165 Å². The third-order valence-electron chi connectivity index (χ3n) is 4.31. The first-order valence-corrected chi connectivity index (χ1v) is 10.2. The zero-order chi connectivity index (χ0) is 19.1. The number of morpholine rings is 1. The number of nitrogens with one attached hydrogen (secondary N) is 1. The SMILES string of the molecule is CC(C)CN1CCO[C@@H](CNC(=O)c2cccnc2Sc2ccccc2)C1. The van der Waals surface area contributed by atoms with E-state index in [4.69, 9.17) is 4.74 Å². The van der Waals surface area contributed by atoms with Crippen molar-refractivity contribution in [2.75, 3.05) is 32.8 Å². The van der Waals surface area contributed by atoms with Crippen LogP contribution in [0.15, 0.2) is 58.6 Å². The molecule has 2 aromatic rings. The highest BCUT2D eigenvalue weighted by Gasteiger charge is 2.22. The standard InChI is InChI=1S/C21H27N3O2S/c1-16(2)14-24-11-12-26-17(15-24)13-23-20(25)19-9-6-10-22-21(19)27-18-7-4-3-5-8-18/h3-10,16-17H,11-15H2,1-2H3,(H,23,25)/t17-/m0/s1. The van der Waals surface area contributed by atoms with Crippen molar-refractivity contribution in [3.05, 3.63) is 54.2 Å². The van der Waals surface area contributed by atoms with Crippen LogP contribution in [0.25, 0.3) is 0 Å². The molecular weight excluding hydrogens is 358 g/mol. The van der Waals surface area contributed by atoms with E-state index in [0.717, 1.165) is 31.1 Å². The monoisotopic (exact) mass is 385 g/mol. The van der Waals surface area contributed by atoms with Gasteiger partial charge in [0.05, 0.1) is 18.3 Å². The Bertz CT molecular complexity index is 739. The van der Waals surface area contributed by atoms with E-state index < -0.39 is 0 Å². The highest BCUT2D eigenvalue weighted by atomic mass is 32.2.